The summed E-state index contributed by atoms with van der Waals surface area (Å²) in [4.78, 5) is 3.94. The summed E-state index contributed by atoms with van der Waals surface area (Å²) in [6.45, 7) is 1.90. The summed E-state index contributed by atoms with van der Waals surface area (Å²) in [5.74, 6) is -0.00176. The zero-order valence-corrected chi connectivity index (χ0v) is 7.76. The molecule has 0 unspecified atom stereocenters. The molecule has 13 heavy (non-hydrogen) atoms. The van der Waals surface area contributed by atoms with Crippen molar-refractivity contribution in [2.75, 3.05) is 0 Å². The number of aromatic nitrogens is 1. The van der Waals surface area contributed by atoms with E-state index in [4.69, 9.17) is 11.6 Å². The number of rotatable bonds is 0. The molecule has 1 N–H and O–H groups in total. The predicted octanol–water partition coefficient (Wildman–Crippen LogP) is 2.70. The molecule has 0 bridgehead atoms. The first-order valence-electron chi connectivity index (χ1n) is 3.84. The lowest BCUT2D eigenvalue weighted by molar-refractivity contribution is 0.455. The van der Waals surface area contributed by atoms with Gasteiger partial charge in [-0.15, -0.1) is 0 Å². The number of aryl methyl sites for hydroxylation is 1. The van der Waals surface area contributed by atoms with Crippen LogP contribution in [-0.4, -0.2) is 10.1 Å². The number of benzene rings is 1. The van der Waals surface area contributed by atoms with Gasteiger partial charge < -0.3 is 5.11 Å². The van der Waals surface area contributed by atoms with Crippen LogP contribution in [0.3, 0.4) is 0 Å². The summed E-state index contributed by atoms with van der Waals surface area (Å²) < 4.78 is 0. The van der Waals surface area contributed by atoms with Crippen molar-refractivity contribution in [1.82, 2.24) is 4.98 Å². The number of fused-ring (bicyclic) bond motifs is 1. The summed E-state index contributed by atoms with van der Waals surface area (Å²) in [6.07, 6.45) is 0. The fourth-order valence-electron chi connectivity index (χ4n) is 1.30. The average Bonchev–Trinajstić information content (AvgIpc) is 2.07. The van der Waals surface area contributed by atoms with Crippen molar-refractivity contribution in [2.24, 2.45) is 0 Å². The number of pyridine rings is 1. The fourth-order valence-corrected chi connectivity index (χ4v) is 1.50. The SMILES string of the molecule is Cc1cc(O)nc2c(Cl)c[c]cc12. The summed E-state index contributed by atoms with van der Waals surface area (Å²) in [6, 6.07) is 7.96. The Morgan fingerprint density at radius 3 is 3.00 bits per heavy atom. The first kappa shape index (κ1) is 8.32. The summed E-state index contributed by atoms with van der Waals surface area (Å²) >= 11 is 5.90. The maximum atomic E-state index is 9.26. The molecule has 3 heteroatoms. The number of halogens is 1. The molecule has 1 radical (unpaired) electrons. The zero-order chi connectivity index (χ0) is 9.42. The minimum Gasteiger partial charge on any atom is -0.493 e. The molecular formula is C10H7ClNO. The van der Waals surface area contributed by atoms with E-state index in [0.29, 0.717) is 10.5 Å². The van der Waals surface area contributed by atoms with Crippen LogP contribution in [0.15, 0.2) is 18.2 Å². The van der Waals surface area contributed by atoms with Crippen molar-refractivity contribution < 1.29 is 5.11 Å². The van der Waals surface area contributed by atoms with Gasteiger partial charge in [-0.05, 0) is 30.7 Å². The van der Waals surface area contributed by atoms with E-state index in [9.17, 15) is 5.11 Å². The van der Waals surface area contributed by atoms with Gasteiger partial charge in [-0.3, -0.25) is 0 Å². The normalized spacial score (nSPS) is 10.6. The van der Waals surface area contributed by atoms with Crippen molar-refractivity contribution in [3.05, 3.63) is 34.9 Å². The Morgan fingerprint density at radius 2 is 2.23 bits per heavy atom. The van der Waals surface area contributed by atoms with Crippen LogP contribution >= 0.6 is 11.6 Å². The molecule has 0 saturated heterocycles. The van der Waals surface area contributed by atoms with Crippen LogP contribution in [-0.2, 0) is 0 Å². The topological polar surface area (TPSA) is 33.1 Å². The van der Waals surface area contributed by atoms with Crippen LogP contribution in [0, 0.1) is 13.0 Å². The highest BCUT2D eigenvalue weighted by atomic mass is 35.5. The van der Waals surface area contributed by atoms with Crippen molar-refractivity contribution in [3.63, 3.8) is 0 Å². The van der Waals surface area contributed by atoms with Crippen LogP contribution in [0.1, 0.15) is 5.56 Å². The van der Waals surface area contributed by atoms with E-state index in [1.165, 1.54) is 0 Å². The predicted molar refractivity (Wildman–Crippen MR) is 52.0 cm³/mol. The Morgan fingerprint density at radius 1 is 1.46 bits per heavy atom. The Hall–Kier alpha value is -1.28. The van der Waals surface area contributed by atoms with Crippen LogP contribution in [0.2, 0.25) is 5.02 Å². The van der Waals surface area contributed by atoms with E-state index in [1.54, 1.807) is 12.1 Å². The Balaban J connectivity index is 2.94. The van der Waals surface area contributed by atoms with Gasteiger partial charge >= 0.3 is 0 Å². The van der Waals surface area contributed by atoms with E-state index in [2.05, 4.69) is 11.1 Å². The van der Waals surface area contributed by atoms with Gasteiger partial charge in [0.25, 0.3) is 0 Å². The van der Waals surface area contributed by atoms with Crippen LogP contribution in [0.4, 0.5) is 0 Å². The van der Waals surface area contributed by atoms with Gasteiger partial charge in [-0.1, -0.05) is 11.6 Å². The quantitative estimate of drug-likeness (QED) is 0.696. The molecule has 2 nitrogen and oxygen atoms in total. The molecule has 2 aromatic rings. The van der Waals surface area contributed by atoms with Crippen molar-refractivity contribution >= 4 is 22.5 Å². The Labute approximate surface area is 80.8 Å². The lowest BCUT2D eigenvalue weighted by Gasteiger charge is -2.02. The minimum absolute atomic E-state index is 0.00176. The summed E-state index contributed by atoms with van der Waals surface area (Å²) in [7, 11) is 0. The standard InChI is InChI=1S/C10H7ClNO/c1-6-5-9(13)12-10-7(6)3-2-4-8(10)11/h3-5H,1H3,(H,12,13). The van der Waals surface area contributed by atoms with Gasteiger partial charge in [0.05, 0.1) is 10.5 Å². The van der Waals surface area contributed by atoms with Crippen molar-refractivity contribution in [1.29, 1.82) is 0 Å². The van der Waals surface area contributed by atoms with Crippen molar-refractivity contribution in [2.45, 2.75) is 6.92 Å². The second-order valence-corrected chi connectivity index (χ2v) is 3.27. The van der Waals surface area contributed by atoms with Gasteiger partial charge in [-0.25, -0.2) is 4.98 Å². The Kier molecular flexibility index (Phi) is 1.85. The van der Waals surface area contributed by atoms with Crippen LogP contribution in [0.25, 0.3) is 10.9 Å². The molecule has 0 atom stereocenters. The molecule has 0 spiro atoms. The van der Waals surface area contributed by atoms with Gasteiger partial charge in [0.1, 0.15) is 0 Å². The number of hydrogen-bond acceptors (Lipinski definition) is 2. The largest absolute Gasteiger partial charge is 0.493 e. The molecule has 0 saturated carbocycles. The molecule has 65 valence electrons. The maximum Gasteiger partial charge on any atom is 0.211 e. The molecule has 1 aromatic carbocycles. The van der Waals surface area contributed by atoms with E-state index < -0.39 is 0 Å². The molecular weight excluding hydrogens is 186 g/mol. The van der Waals surface area contributed by atoms with Gasteiger partial charge in [0.2, 0.25) is 5.88 Å². The first-order valence-corrected chi connectivity index (χ1v) is 4.22. The third kappa shape index (κ3) is 1.33. The molecule has 0 aliphatic heterocycles. The third-order valence-electron chi connectivity index (χ3n) is 1.92. The highest BCUT2D eigenvalue weighted by Crippen LogP contribution is 2.25. The van der Waals surface area contributed by atoms with Gasteiger partial charge in [-0.2, -0.15) is 0 Å². The van der Waals surface area contributed by atoms with E-state index in [-0.39, 0.29) is 5.88 Å². The van der Waals surface area contributed by atoms with Gasteiger partial charge in [0, 0.05) is 11.5 Å². The van der Waals surface area contributed by atoms with Gasteiger partial charge in [0.15, 0.2) is 0 Å². The molecule has 0 fully saturated rings. The van der Waals surface area contributed by atoms with E-state index >= 15 is 0 Å². The second kappa shape index (κ2) is 2.89. The molecule has 0 amide bonds. The number of aromatic hydroxyl groups is 1. The van der Waals surface area contributed by atoms with E-state index in [1.807, 2.05) is 13.0 Å². The maximum absolute atomic E-state index is 9.26. The second-order valence-electron chi connectivity index (χ2n) is 2.86. The van der Waals surface area contributed by atoms with Crippen LogP contribution < -0.4 is 0 Å². The lowest BCUT2D eigenvalue weighted by atomic mass is 10.1. The zero-order valence-electron chi connectivity index (χ0n) is 7.00. The molecule has 0 aliphatic carbocycles. The minimum atomic E-state index is -0.00176. The van der Waals surface area contributed by atoms with E-state index in [0.717, 1.165) is 10.9 Å². The van der Waals surface area contributed by atoms with Crippen molar-refractivity contribution in [3.8, 4) is 5.88 Å². The number of nitrogens with zero attached hydrogens (tertiary/aromatic N) is 1. The third-order valence-corrected chi connectivity index (χ3v) is 2.20. The fraction of sp³-hybridized carbons (Fsp3) is 0.100. The highest BCUT2D eigenvalue weighted by molar-refractivity contribution is 6.35. The summed E-state index contributed by atoms with van der Waals surface area (Å²) in [5.41, 5.74) is 1.57. The summed E-state index contributed by atoms with van der Waals surface area (Å²) in [5, 5.41) is 10.7. The Bertz CT molecular complexity index is 468. The molecule has 1 aromatic heterocycles. The first-order chi connectivity index (χ1) is 6.18. The average molecular weight is 193 g/mol. The monoisotopic (exact) mass is 192 g/mol. The smallest absolute Gasteiger partial charge is 0.211 e. The molecule has 2 rings (SSSR count). The van der Waals surface area contributed by atoms with Crippen LogP contribution in [0.5, 0.6) is 5.88 Å². The molecule has 0 aliphatic rings. The lowest BCUT2D eigenvalue weighted by Crippen LogP contribution is -1.84. The molecule has 1 heterocycles. The highest BCUT2D eigenvalue weighted by Gasteiger charge is 2.04. The number of hydrogen-bond donors (Lipinski definition) is 1.